The highest BCUT2D eigenvalue weighted by atomic mass is 19.1. The van der Waals surface area contributed by atoms with Crippen molar-refractivity contribution in [1.29, 1.82) is 0 Å². The second-order valence-corrected chi connectivity index (χ2v) is 6.43. The molecule has 25 heavy (non-hydrogen) atoms. The molecule has 2 aliphatic rings. The molecule has 1 amide bonds. The number of benzene rings is 2. The maximum Gasteiger partial charge on any atom is 0.303 e. The van der Waals surface area contributed by atoms with Gasteiger partial charge in [0.25, 0.3) is 5.78 Å². The van der Waals surface area contributed by atoms with Crippen molar-refractivity contribution in [2.45, 2.75) is 6.42 Å². The van der Waals surface area contributed by atoms with Gasteiger partial charge in [0.15, 0.2) is 6.67 Å². The van der Waals surface area contributed by atoms with Crippen LogP contribution < -0.4 is 9.80 Å². The van der Waals surface area contributed by atoms with E-state index in [1.807, 2.05) is 18.2 Å². The molecule has 4 nitrogen and oxygen atoms in total. The monoisotopic (exact) mass is 337 g/mol. The van der Waals surface area contributed by atoms with Crippen LogP contribution in [-0.2, 0) is 4.79 Å². The van der Waals surface area contributed by atoms with Crippen LogP contribution in [0.4, 0.5) is 10.1 Å². The Labute approximate surface area is 145 Å². The van der Waals surface area contributed by atoms with Gasteiger partial charge in [0.2, 0.25) is 0 Å². The quantitative estimate of drug-likeness (QED) is 0.866. The summed E-state index contributed by atoms with van der Waals surface area (Å²) in [6.07, 6.45) is 3.09. The van der Waals surface area contributed by atoms with Crippen LogP contribution in [0.25, 0.3) is 5.57 Å². The van der Waals surface area contributed by atoms with Gasteiger partial charge >= 0.3 is 5.91 Å². The van der Waals surface area contributed by atoms with Crippen molar-refractivity contribution in [3.8, 4) is 0 Å². The van der Waals surface area contributed by atoms with Gasteiger partial charge in [-0.1, -0.05) is 30.3 Å². The second-order valence-electron chi connectivity index (χ2n) is 6.43. The molecule has 2 aliphatic heterocycles. The average Bonchev–Trinajstić information content (AvgIpc) is 2.87. The molecule has 1 atom stereocenters. The van der Waals surface area contributed by atoms with E-state index in [1.165, 1.54) is 39.1 Å². The number of rotatable bonds is 3. The Kier molecular flexibility index (Phi) is 3.93. The van der Waals surface area contributed by atoms with Crippen LogP contribution in [0.15, 0.2) is 54.6 Å². The molecule has 126 valence electrons. The summed E-state index contributed by atoms with van der Waals surface area (Å²) in [7, 11) is 0. The van der Waals surface area contributed by atoms with Crippen molar-refractivity contribution >= 4 is 23.0 Å². The molecule has 0 bridgehead atoms. The molecule has 4 rings (SSSR count). The third kappa shape index (κ3) is 2.87. The molecule has 0 fully saturated rings. The van der Waals surface area contributed by atoms with Crippen LogP contribution in [0.5, 0.6) is 0 Å². The first-order valence-corrected chi connectivity index (χ1v) is 8.37. The van der Waals surface area contributed by atoms with Crippen LogP contribution in [0, 0.1) is 5.82 Å². The van der Waals surface area contributed by atoms with E-state index in [0.717, 1.165) is 19.5 Å². The molecule has 5 heteroatoms. The van der Waals surface area contributed by atoms with Gasteiger partial charge in [-0.15, -0.1) is 0 Å². The van der Waals surface area contributed by atoms with Crippen molar-refractivity contribution < 1.29 is 18.9 Å². The van der Waals surface area contributed by atoms with E-state index in [-0.39, 0.29) is 0 Å². The number of halogens is 1. The Hall–Kier alpha value is -2.79. The highest BCUT2D eigenvalue weighted by molar-refractivity contribution is 6.52. The minimum Gasteiger partial charge on any atom is -0.314 e. The van der Waals surface area contributed by atoms with Gasteiger partial charge in [0.1, 0.15) is 5.82 Å². The summed E-state index contributed by atoms with van der Waals surface area (Å²) in [5.41, 5.74) is 3.21. The molecule has 1 unspecified atom stereocenters. The molecule has 0 saturated carbocycles. The van der Waals surface area contributed by atoms with E-state index in [1.54, 1.807) is 0 Å². The number of fused-ring (bicyclic) bond motifs is 1. The standard InChI is InChI=1S/C20H17FN2O2/c21-16-6-7-17-18(12-16)23(20(25)19(17)24)13-22-10-8-15(9-11-22)14-4-2-1-3-5-14/h1-8,12H,9-11,13H2/p+1. The van der Waals surface area contributed by atoms with E-state index in [4.69, 9.17) is 0 Å². The lowest BCUT2D eigenvalue weighted by molar-refractivity contribution is -0.893. The van der Waals surface area contributed by atoms with Crippen molar-refractivity contribution in [2.75, 3.05) is 24.7 Å². The van der Waals surface area contributed by atoms with Gasteiger partial charge < -0.3 is 4.90 Å². The van der Waals surface area contributed by atoms with Crippen LogP contribution in [-0.4, -0.2) is 31.4 Å². The van der Waals surface area contributed by atoms with E-state index in [0.29, 0.717) is 17.9 Å². The normalized spacial score (nSPS) is 19.8. The lowest BCUT2D eigenvalue weighted by Gasteiger charge is -2.27. The minimum absolute atomic E-state index is 0.295. The summed E-state index contributed by atoms with van der Waals surface area (Å²) in [5.74, 6) is -1.55. The maximum absolute atomic E-state index is 13.5. The van der Waals surface area contributed by atoms with Crippen LogP contribution >= 0.6 is 0 Å². The molecule has 2 aromatic carbocycles. The van der Waals surface area contributed by atoms with Gasteiger partial charge in [0, 0.05) is 6.42 Å². The summed E-state index contributed by atoms with van der Waals surface area (Å²) in [6, 6.07) is 14.1. The fourth-order valence-electron chi connectivity index (χ4n) is 3.49. The van der Waals surface area contributed by atoms with Gasteiger partial charge in [-0.3, -0.25) is 14.5 Å². The van der Waals surface area contributed by atoms with Gasteiger partial charge in [-0.05, 0) is 35.4 Å². The summed E-state index contributed by atoms with van der Waals surface area (Å²) in [5, 5.41) is 0. The largest absolute Gasteiger partial charge is 0.314 e. The number of amides is 1. The lowest BCUT2D eigenvalue weighted by Crippen LogP contribution is -3.14. The van der Waals surface area contributed by atoms with Crippen LogP contribution in [0.3, 0.4) is 0 Å². The number of anilines is 1. The van der Waals surface area contributed by atoms with Crippen molar-refractivity contribution in [3.63, 3.8) is 0 Å². The second kappa shape index (κ2) is 6.26. The van der Waals surface area contributed by atoms with Crippen LogP contribution in [0.2, 0.25) is 0 Å². The number of hydrogen-bond acceptors (Lipinski definition) is 2. The summed E-state index contributed by atoms with van der Waals surface area (Å²) in [4.78, 5) is 26.9. The molecule has 0 radical (unpaired) electrons. The molecule has 2 aromatic rings. The highest BCUT2D eigenvalue weighted by Crippen LogP contribution is 2.28. The number of Topliss-reactive ketones (excluding diaryl/α,β-unsaturated/α-hetero) is 1. The fraction of sp³-hybridized carbons (Fsp3) is 0.200. The summed E-state index contributed by atoms with van der Waals surface area (Å²) in [6.45, 7) is 2.01. The zero-order chi connectivity index (χ0) is 17.4. The molecule has 0 spiro atoms. The molecule has 0 saturated heterocycles. The first kappa shape index (κ1) is 15.7. The number of carbonyl (C=O) groups excluding carboxylic acids is 2. The number of carbonyl (C=O) groups is 2. The Bertz CT molecular complexity index is 877. The molecular weight excluding hydrogens is 319 g/mol. The van der Waals surface area contributed by atoms with Gasteiger partial charge in [0.05, 0.1) is 24.3 Å². The fourth-order valence-corrected chi connectivity index (χ4v) is 3.49. The Morgan fingerprint density at radius 1 is 1.08 bits per heavy atom. The maximum atomic E-state index is 13.5. The third-order valence-corrected chi connectivity index (χ3v) is 4.85. The van der Waals surface area contributed by atoms with Gasteiger partial charge in [-0.25, -0.2) is 4.39 Å². The Morgan fingerprint density at radius 3 is 2.60 bits per heavy atom. The first-order valence-electron chi connectivity index (χ1n) is 8.37. The molecular formula is C20H18FN2O2+. The molecule has 1 N–H and O–H groups in total. The highest BCUT2D eigenvalue weighted by Gasteiger charge is 2.38. The summed E-state index contributed by atoms with van der Waals surface area (Å²) >= 11 is 0. The Morgan fingerprint density at radius 2 is 1.88 bits per heavy atom. The number of ketones is 1. The molecule has 2 heterocycles. The number of nitrogens with zero attached hydrogens (tertiary/aromatic N) is 1. The van der Waals surface area contributed by atoms with Crippen molar-refractivity contribution in [2.24, 2.45) is 0 Å². The summed E-state index contributed by atoms with van der Waals surface area (Å²) < 4.78 is 13.5. The van der Waals surface area contributed by atoms with E-state index in [9.17, 15) is 14.0 Å². The molecule has 0 aromatic heterocycles. The topological polar surface area (TPSA) is 41.8 Å². The zero-order valence-electron chi connectivity index (χ0n) is 13.7. The smallest absolute Gasteiger partial charge is 0.303 e. The third-order valence-electron chi connectivity index (χ3n) is 4.85. The van der Waals surface area contributed by atoms with E-state index in [2.05, 4.69) is 18.2 Å². The number of nitrogens with one attached hydrogen (secondary N) is 1. The van der Waals surface area contributed by atoms with Crippen molar-refractivity contribution in [3.05, 3.63) is 71.6 Å². The first-order chi connectivity index (χ1) is 12.1. The lowest BCUT2D eigenvalue weighted by atomic mass is 10.00. The van der Waals surface area contributed by atoms with E-state index < -0.39 is 17.5 Å². The van der Waals surface area contributed by atoms with Gasteiger partial charge in [-0.2, -0.15) is 0 Å². The predicted molar refractivity (Wildman–Crippen MR) is 92.8 cm³/mol. The van der Waals surface area contributed by atoms with Crippen LogP contribution in [0.1, 0.15) is 22.3 Å². The number of hydrogen-bond donors (Lipinski definition) is 1. The average molecular weight is 337 g/mol. The SMILES string of the molecule is O=C1C(=O)N(C[NH+]2CC=C(c3ccccc3)CC2)c2cc(F)ccc21. The number of quaternary nitrogens is 1. The van der Waals surface area contributed by atoms with Crippen molar-refractivity contribution in [1.82, 2.24) is 0 Å². The van der Waals surface area contributed by atoms with E-state index >= 15 is 0 Å². The Balaban J connectivity index is 1.51. The predicted octanol–water partition coefficient (Wildman–Crippen LogP) is 1.68. The minimum atomic E-state index is -0.564. The zero-order valence-corrected chi connectivity index (χ0v) is 13.7. The molecule has 0 aliphatic carbocycles.